The van der Waals surface area contributed by atoms with E-state index >= 15 is 0 Å². The molecule has 1 N–H and O–H groups in total. The van der Waals surface area contributed by atoms with Crippen molar-refractivity contribution in [2.24, 2.45) is 0 Å². The van der Waals surface area contributed by atoms with Crippen LogP contribution in [-0.4, -0.2) is 57.4 Å². The maximum atomic E-state index is 13.2. The highest BCUT2D eigenvalue weighted by Crippen LogP contribution is 2.25. The molecule has 0 spiro atoms. The van der Waals surface area contributed by atoms with Crippen molar-refractivity contribution in [2.45, 2.75) is 56.5 Å². The van der Waals surface area contributed by atoms with E-state index in [1.165, 1.54) is 37.6 Å². The molecule has 2 aromatic carbocycles. The molecule has 1 amide bonds. The van der Waals surface area contributed by atoms with Crippen molar-refractivity contribution in [1.82, 2.24) is 14.5 Å². The fourth-order valence-corrected chi connectivity index (χ4v) is 5.73. The molecule has 7 nitrogen and oxygen atoms in total. The quantitative estimate of drug-likeness (QED) is 0.616. The van der Waals surface area contributed by atoms with Crippen LogP contribution in [0.1, 0.15) is 60.0 Å². The summed E-state index contributed by atoms with van der Waals surface area (Å²) in [5, 5.41) is 0. The number of benzene rings is 2. The first kappa shape index (κ1) is 24.7. The van der Waals surface area contributed by atoms with Crippen molar-refractivity contribution in [2.75, 3.05) is 33.3 Å². The summed E-state index contributed by atoms with van der Waals surface area (Å²) in [5.41, 5.74) is 2.42. The van der Waals surface area contributed by atoms with Crippen molar-refractivity contribution < 1.29 is 17.9 Å². The molecule has 4 rings (SSSR count). The number of methoxy groups -OCH3 is 1. The van der Waals surface area contributed by atoms with E-state index in [9.17, 15) is 13.2 Å². The van der Waals surface area contributed by atoms with Crippen LogP contribution in [0.4, 0.5) is 0 Å². The Bertz CT molecular complexity index is 1070. The Morgan fingerprint density at radius 1 is 0.882 bits per heavy atom. The van der Waals surface area contributed by atoms with Crippen LogP contribution in [0, 0.1) is 0 Å². The average Bonchev–Trinajstić information content (AvgIpc) is 3.21. The van der Waals surface area contributed by atoms with E-state index in [2.05, 4.69) is 21.8 Å². The number of rotatable bonds is 8. The van der Waals surface area contributed by atoms with E-state index in [1.807, 2.05) is 12.1 Å². The summed E-state index contributed by atoms with van der Waals surface area (Å²) in [4.78, 5) is 17.5. The number of ether oxygens (including phenoxy) is 1. The summed E-state index contributed by atoms with van der Waals surface area (Å²) < 4.78 is 34.1. The fourth-order valence-electron chi connectivity index (χ4n) is 4.69. The second-order valence-corrected chi connectivity index (χ2v) is 11.0. The molecule has 2 fully saturated rings. The monoisotopic (exact) mass is 485 g/mol. The first-order valence-corrected chi connectivity index (χ1v) is 13.7. The third-order valence-corrected chi connectivity index (χ3v) is 8.10. The third kappa shape index (κ3) is 6.17. The molecule has 2 saturated heterocycles. The zero-order valence-corrected chi connectivity index (χ0v) is 20.8. The highest BCUT2D eigenvalue weighted by atomic mass is 32.2. The van der Waals surface area contributed by atoms with Gasteiger partial charge >= 0.3 is 0 Å². The van der Waals surface area contributed by atoms with Gasteiger partial charge in [0, 0.05) is 26.2 Å². The number of likely N-dealkylation sites (tertiary alicyclic amines) is 2. The Balaban J connectivity index is 1.44. The fraction of sp³-hybridized carbons (Fsp3) is 0.500. The van der Waals surface area contributed by atoms with Crippen LogP contribution < -0.4 is 9.46 Å². The van der Waals surface area contributed by atoms with Crippen LogP contribution in [0.2, 0.25) is 0 Å². The van der Waals surface area contributed by atoms with Gasteiger partial charge in [-0.3, -0.25) is 9.69 Å². The number of carbonyl (C=O) groups excluding carboxylic acids is 1. The Morgan fingerprint density at radius 3 is 2.15 bits per heavy atom. The zero-order valence-electron chi connectivity index (χ0n) is 20.0. The molecular formula is C26H35N3O4S. The van der Waals surface area contributed by atoms with Crippen LogP contribution in [0.15, 0.2) is 47.4 Å². The van der Waals surface area contributed by atoms with Crippen molar-refractivity contribution >= 4 is 15.9 Å². The number of amides is 1. The van der Waals surface area contributed by atoms with Gasteiger partial charge in [0.2, 0.25) is 10.0 Å². The molecule has 0 aromatic heterocycles. The first-order chi connectivity index (χ1) is 16.5. The molecule has 0 unspecified atom stereocenters. The van der Waals surface area contributed by atoms with Crippen LogP contribution >= 0.6 is 0 Å². The molecule has 8 heteroatoms. The lowest BCUT2D eigenvalue weighted by molar-refractivity contribution is 0.0758. The van der Waals surface area contributed by atoms with Crippen molar-refractivity contribution in [1.29, 1.82) is 0 Å². The van der Waals surface area contributed by atoms with Crippen LogP contribution in [0.5, 0.6) is 5.75 Å². The number of nitrogens with zero attached hydrogens (tertiary/aromatic N) is 2. The predicted molar refractivity (Wildman–Crippen MR) is 132 cm³/mol. The van der Waals surface area contributed by atoms with Crippen molar-refractivity contribution in [3.63, 3.8) is 0 Å². The minimum atomic E-state index is -3.79. The van der Waals surface area contributed by atoms with E-state index in [-0.39, 0.29) is 17.3 Å². The van der Waals surface area contributed by atoms with Gasteiger partial charge in [0.05, 0.1) is 17.6 Å². The molecule has 0 aliphatic carbocycles. The van der Waals surface area contributed by atoms with E-state index in [0.29, 0.717) is 24.4 Å². The molecule has 0 radical (unpaired) electrons. The SMILES string of the molecule is COc1ccc(S(=O)(=O)NCc2ccc(CN3CCCC3)cc2)cc1C(=O)N1CCCCCC1. The van der Waals surface area contributed by atoms with Gasteiger partial charge in [-0.2, -0.15) is 0 Å². The van der Waals surface area contributed by atoms with Crippen LogP contribution in [0.25, 0.3) is 0 Å². The Hall–Kier alpha value is -2.42. The number of hydrogen-bond donors (Lipinski definition) is 1. The number of carbonyl (C=O) groups is 1. The van der Waals surface area contributed by atoms with Gasteiger partial charge in [0.15, 0.2) is 0 Å². The summed E-state index contributed by atoms with van der Waals surface area (Å²) >= 11 is 0. The lowest BCUT2D eigenvalue weighted by Crippen LogP contribution is -2.32. The summed E-state index contributed by atoms with van der Waals surface area (Å²) in [7, 11) is -2.30. The largest absolute Gasteiger partial charge is 0.496 e. The highest BCUT2D eigenvalue weighted by Gasteiger charge is 2.24. The Labute approximate surface area is 203 Å². The number of sulfonamides is 1. The summed E-state index contributed by atoms with van der Waals surface area (Å²) in [6.07, 6.45) is 6.67. The third-order valence-electron chi connectivity index (χ3n) is 6.70. The van der Waals surface area contributed by atoms with E-state index < -0.39 is 10.0 Å². The van der Waals surface area contributed by atoms with Crippen molar-refractivity contribution in [3.8, 4) is 5.75 Å². The van der Waals surface area contributed by atoms with Gasteiger partial charge in [-0.15, -0.1) is 0 Å². The maximum absolute atomic E-state index is 13.2. The van der Waals surface area contributed by atoms with Gasteiger partial charge in [-0.1, -0.05) is 37.1 Å². The second kappa shape index (κ2) is 11.3. The smallest absolute Gasteiger partial charge is 0.257 e. The molecule has 2 heterocycles. The molecule has 184 valence electrons. The van der Waals surface area contributed by atoms with Gasteiger partial charge < -0.3 is 9.64 Å². The van der Waals surface area contributed by atoms with Crippen LogP contribution in [0.3, 0.4) is 0 Å². The lowest BCUT2D eigenvalue weighted by atomic mass is 10.1. The molecule has 2 aliphatic rings. The van der Waals surface area contributed by atoms with E-state index in [1.54, 1.807) is 11.0 Å². The molecular weight excluding hydrogens is 450 g/mol. The lowest BCUT2D eigenvalue weighted by Gasteiger charge is -2.22. The first-order valence-electron chi connectivity index (χ1n) is 12.2. The molecule has 34 heavy (non-hydrogen) atoms. The molecule has 2 aromatic rings. The standard InChI is InChI=1S/C26H35N3O4S/c1-33-25-13-12-23(18-24(25)26(30)29-16-4-2-3-5-17-29)34(31,32)27-19-21-8-10-22(11-9-21)20-28-14-6-7-15-28/h8-13,18,27H,2-7,14-17,19-20H2,1H3. The predicted octanol–water partition coefficient (Wildman–Crippen LogP) is 3.79. The van der Waals surface area contributed by atoms with Crippen molar-refractivity contribution in [3.05, 3.63) is 59.2 Å². The van der Waals surface area contributed by atoms with Crippen LogP contribution in [-0.2, 0) is 23.1 Å². The van der Waals surface area contributed by atoms with Gasteiger partial charge in [0.25, 0.3) is 5.91 Å². The van der Waals surface area contributed by atoms with Gasteiger partial charge in [0.1, 0.15) is 5.75 Å². The number of hydrogen-bond acceptors (Lipinski definition) is 5. The average molecular weight is 486 g/mol. The zero-order chi connectivity index (χ0) is 24.0. The maximum Gasteiger partial charge on any atom is 0.257 e. The highest BCUT2D eigenvalue weighted by molar-refractivity contribution is 7.89. The minimum absolute atomic E-state index is 0.0668. The van der Waals surface area contributed by atoms with E-state index in [0.717, 1.165) is 50.9 Å². The Morgan fingerprint density at radius 2 is 1.50 bits per heavy atom. The molecule has 0 saturated carbocycles. The Kier molecular flexibility index (Phi) is 8.24. The second-order valence-electron chi connectivity index (χ2n) is 9.19. The summed E-state index contributed by atoms with van der Waals surface area (Å²) in [5.74, 6) is 0.214. The topological polar surface area (TPSA) is 79.0 Å². The number of nitrogens with one attached hydrogen (secondary N) is 1. The van der Waals surface area contributed by atoms with E-state index in [4.69, 9.17) is 4.74 Å². The summed E-state index contributed by atoms with van der Waals surface area (Å²) in [6.45, 7) is 4.78. The molecule has 0 atom stereocenters. The molecule has 2 aliphatic heterocycles. The molecule has 0 bridgehead atoms. The van der Waals surface area contributed by atoms with Gasteiger partial charge in [-0.05, 0) is 68.1 Å². The summed E-state index contributed by atoms with van der Waals surface area (Å²) in [6, 6.07) is 12.5. The minimum Gasteiger partial charge on any atom is -0.496 e. The van der Waals surface area contributed by atoms with Gasteiger partial charge in [-0.25, -0.2) is 13.1 Å². The normalized spacial score (nSPS) is 17.5.